The molecule has 2 aliphatic rings. The summed E-state index contributed by atoms with van der Waals surface area (Å²) in [7, 11) is -7.82. The van der Waals surface area contributed by atoms with Crippen molar-refractivity contribution in [1.82, 2.24) is 0 Å². The minimum absolute atomic E-state index is 0.157. The molecule has 5 atom stereocenters. The van der Waals surface area contributed by atoms with Gasteiger partial charge in [-0.05, 0) is 33.2 Å². The Hall–Kier alpha value is -1.03. The summed E-state index contributed by atoms with van der Waals surface area (Å²) in [5.41, 5.74) is 8.65. The van der Waals surface area contributed by atoms with Crippen molar-refractivity contribution >= 4 is 20.2 Å². The van der Waals surface area contributed by atoms with E-state index in [1.54, 1.807) is 27.7 Å². The Morgan fingerprint density at radius 1 is 0.933 bits per heavy atom. The van der Waals surface area contributed by atoms with Gasteiger partial charge in [-0.3, -0.25) is 8.37 Å². The zero-order valence-corrected chi connectivity index (χ0v) is 19.2. The van der Waals surface area contributed by atoms with Crippen LogP contribution < -0.4 is 0 Å². The smallest absolute Gasteiger partial charge is 0.264 e. The number of ether oxygens (including phenoxy) is 4. The molecule has 0 spiro atoms. The molecule has 0 amide bonds. The van der Waals surface area contributed by atoms with Crippen LogP contribution in [-0.2, 0) is 47.5 Å². The number of hydrogen-bond donors (Lipinski definition) is 0. The highest BCUT2D eigenvalue weighted by atomic mass is 32.2. The van der Waals surface area contributed by atoms with Crippen molar-refractivity contribution in [3.05, 3.63) is 10.4 Å². The van der Waals surface area contributed by atoms with Crippen LogP contribution in [0.3, 0.4) is 0 Å². The summed E-state index contributed by atoms with van der Waals surface area (Å²) in [5, 5.41) is 3.49. The van der Waals surface area contributed by atoms with E-state index in [0.29, 0.717) is 0 Å². The minimum Gasteiger partial charge on any atom is -0.344 e. The highest BCUT2D eigenvalue weighted by Crippen LogP contribution is 2.38. The SMILES string of the molecule is CC1(C)O[C@@H]([C@H](OS(C)(=O)=O)[C@@H]2OC(C)(C)O[C@@H]2COS(C)(=O)=O)[C@H](CN=[N+]=[N-])O1. The Balaban J connectivity index is 2.41. The predicted molar refractivity (Wildman–Crippen MR) is 102 cm³/mol. The van der Waals surface area contributed by atoms with Gasteiger partial charge in [0.1, 0.15) is 24.4 Å². The second-order valence-corrected chi connectivity index (χ2v) is 11.2. The van der Waals surface area contributed by atoms with Crippen LogP contribution in [-0.4, -0.2) is 84.6 Å². The van der Waals surface area contributed by atoms with E-state index >= 15 is 0 Å². The average Bonchev–Trinajstić information content (AvgIpc) is 3.02. The Labute approximate surface area is 175 Å². The van der Waals surface area contributed by atoms with Crippen LogP contribution >= 0.6 is 0 Å². The molecule has 30 heavy (non-hydrogen) atoms. The number of nitrogens with zero attached hydrogens (tertiary/aromatic N) is 3. The molecule has 2 heterocycles. The molecule has 0 aromatic heterocycles. The van der Waals surface area contributed by atoms with Gasteiger partial charge in [-0.15, -0.1) is 0 Å². The van der Waals surface area contributed by atoms with Crippen molar-refractivity contribution in [3.8, 4) is 0 Å². The third kappa shape index (κ3) is 7.28. The quantitative estimate of drug-likeness (QED) is 0.200. The van der Waals surface area contributed by atoms with Crippen LogP contribution in [0.1, 0.15) is 27.7 Å². The van der Waals surface area contributed by atoms with Crippen molar-refractivity contribution in [2.45, 2.75) is 69.8 Å². The largest absolute Gasteiger partial charge is 0.344 e. The van der Waals surface area contributed by atoms with Crippen molar-refractivity contribution in [1.29, 1.82) is 0 Å². The number of rotatable bonds is 9. The molecule has 0 bridgehead atoms. The fourth-order valence-electron chi connectivity index (χ4n) is 3.36. The topological polar surface area (TPSA) is 172 Å². The lowest BCUT2D eigenvalue weighted by Crippen LogP contribution is -2.51. The van der Waals surface area contributed by atoms with Crippen molar-refractivity contribution < 1.29 is 44.1 Å². The van der Waals surface area contributed by atoms with Gasteiger partial charge in [0.2, 0.25) is 0 Å². The van der Waals surface area contributed by atoms with Crippen molar-refractivity contribution in [2.75, 3.05) is 25.7 Å². The zero-order chi connectivity index (χ0) is 23.0. The standard InChI is InChI=1S/C15H27N3O10S2/c1-14(2)24-9(7-17-18-16)11(26-14)13(28-30(6,21)22)12-10(8-23-29(5,19)20)25-15(3,4)27-12/h9-13H,7-8H2,1-6H3/t9-,10+,11+,12+,13-/m0/s1. The first-order chi connectivity index (χ1) is 13.5. The first-order valence-corrected chi connectivity index (χ1v) is 12.6. The lowest BCUT2D eigenvalue weighted by molar-refractivity contribution is -0.174. The summed E-state index contributed by atoms with van der Waals surface area (Å²) >= 11 is 0. The van der Waals surface area contributed by atoms with Crippen LogP contribution in [0.25, 0.3) is 10.4 Å². The number of hydrogen-bond acceptors (Lipinski definition) is 11. The molecule has 2 rings (SSSR count). The predicted octanol–water partition coefficient (Wildman–Crippen LogP) is 0.658. The molecule has 0 aromatic carbocycles. The average molecular weight is 474 g/mol. The maximum absolute atomic E-state index is 12.0. The second kappa shape index (κ2) is 8.84. The normalized spacial score (nSPS) is 31.9. The van der Waals surface area contributed by atoms with Gasteiger partial charge >= 0.3 is 0 Å². The van der Waals surface area contributed by atoms with Gasteiger partial charge in [0, 0.05) is 4.91 Å². The van der Waals surface area contributed by atoms with Crippen LogP contribution in [0.2, 0.25) is 0 Å². The molecular formula is C15H27N3O10S2. The van der Waals surface area contributed by atoms with Gasteiger partial charge in [0.05, 0.1) is 31.8 Å². The lowest BCUT2D eigenvalue weighted by atomic mass is 9.99. The molecular weight excluding hydrogens is 446 g/mol. The van der Waals surface area contributed by atoms with Crippen LogP contribution in [0, 0.1) is 0 Å². The van der Waals surface area contributed by atoms with E-state index in [4.69, 9.17) is 32.8 Å². The van der Waals surface area contributed by atoms with E-state index in [1.165, 1.54) is 0 Å². The second-order valence-electron chi connectivity index (χ2n) is 7.94. The Morgan fingerprint density at radius 2 is 1.43 bits per heavy atom. The van der Waals surface area contributed by atoms with Gasteiger partial charge < -0.3 is 18.9 Å². The molecule has 174 valence electrons. The molecule has 0 unspecified atom stereocenters. The highest BCUT2D eigenvalue weighted by molar-refractivity contribution is 7.86. The first kappa shape index (κ1) is 25.2. The molecule has 0 aromatic rings. The molecule has 2 fully saturated rings. The molecule has 13 nitrogen and oxygen atoms in total. The maximum Gasteiger partial charge on any atom is 0.264 e. The van der Waals surface area contributed by atoms with Crippen LogP contribution in [0.15, 0.2) is 5.11 Å². The molecule has 0 aliphatic carbocycles. The summed E-state index contributed by atoms with van der Waals surface area (Å²) in [6.45, 7) is 5.77. The molecule has 0 saturated carbocycles. The molecule has 0 N–H and O–H groups in total. The maximum atomic E-state index is 12.0. The minimum atomic E-state index is -4.02. The Morgan fingerprint density at radius 3 is 1.90 bits per heavy atom. The van der Waals surface area contributed by atoms with Crippen LogP contribution in [0.5, 0.6) is 0 Å². The highest BCUT2D eigenvalue weighted by Gasteiger charge is 2.55. The van der Waals surface area contributed by atoms with Crippen molar-refractivity contribution in [3.63, 3.8) is 0 Å². The molecule has 15 heteroatoms. The summed E-state index contributed by atoms with van der Waals surface area (Å²) in [4.78, 5) is 2.70. The van der Waals surface area contributed by atoms with Gasteiger partial charge in [0.15, 0.2) is 11.6 Å². The van der Waals surface area contributed by atoms with Gasteiger partial charge in [-0.1, -0.05) is 5.11 Å². The van der Waals surface area contributed by atoms with E-state index in [1.807, 2.05) is 0 Å². The third-order valence-electron chi connectivity index (χ3n) is 4.15. The third-order valence-corrected chi connectivity index (χ3v) is 5.28. The molecule has 0 radical (unpaired) electrons. The molecule has 2 aliphatic heterocycles. The summed E-state index contributed by atoms with van der Waals surface area (Å²) in [5.74, 6) is -2.32. The van der Waals surface area contributed by atoms with Crippen LogP contribution in [0.4, 0.5) is 0 Å². The van der Waals surface area contributed by atoms with E-state index in [-0.39, 0.29) is 6.54 Å². The van der Waals surface area contributed by atoms with Gasteiger partial charge in [-0.25, -0.2) is 0 Å². The molecule has 2 saturated heterocycles. The van der Waals surface area contributed by atoms with E-state index in [9.17, 15) is 16.8 Å². The van der Waals surface area contributed by atoms with E-state index < -0.39 is 68.9 Å². The summed E-state index contributed by atoms with van der Waals surface area (Å²) < 4.78 is 80.1. The summed E-state index contributed by atoms with van der Waals surface area (Å²) in [6, 6.07) is 0. The Bertz CT molecular complexity index is 882. The van der Waals surface area contributed by atoms with E-state index in [0.717, 1.165) is 12.5 Å². The van der Waals surface area contributed by atoms with E-state index in [2.05, 4.69) is 10.0 Å². The number of azide groups is 1. The zero-order valence-electron chi connectivity index (χ0n) is 17.5. The lowest BCUT2D eigenvalue weighted by Gasteiger charge is -2.31. The first-order valence-electron chi connectivity index (χ1n) is 8.97. The fraction of sp³-hybridized carbons (Fsp3) is 1.00. The van der Waals surface area contributed by atoms with Gasteiger partial charge in [-0.2, -0.15) is 16.8 Å². The Kier molecular flexibility index (Phi) is 7.44. The summed E-state index contributed by atoms with van der Waals surface area (Å²) in [6.07, 6.45) is -3.58. The monoisotopic (exact) mass is 473 g/mol. The fourth-order valence-corrected chi connectivity index (χ4v) is 4.36. The van der Waals surface area contributed by atoms with Crippen molar-refractivity contribution in [2.24, 2.45) is 5.11 Å². The van der Waals surface area contributed by atoms with Gasteiger partial charge in [0.25, 0.3) is 20.2 Å².